The zero-order valence-corrected chi connectivity index (χ0v) is 10.2. The number of hydrogen-bond donors (Lipinski definition) is 1. The topological polar surface area (TPSA) is 72.3 Å². The van der Waals surface area contributed by atoms with E-state index in [1.165, 1.54) is 11.3 Å². The Morgan fingerprint density at radius 1 is 1.53 bits per heavy atom. The summed E-state index contributed by atoms with van der Waals surface area (Å²) in [5.41, 5.74) is 0.0720. The van der Waals surface area contributed by atoms with Crippen molar-refractivity contribution >= 4 is 27.5 Å². The van der Waals surface area contributed by atoms with Gasteiger partial charge >= 0.3 is 5.97 Å². The van der Waals surface area contributed by atoms with E-state index in [9.17, 15) is 4.79 Å². The van der Waals surface area contributed by atoms with E-state index in [1.807, 2.05) is 12.3 Å². The Labute approximate surface area is 102 Å². The molecule has 6 heteroatoms. The molecule has 0 amide bonds. The molecule has 17 heavy (non-hydrogen) atoms. The van der Waals surface area contributed by atoms with Gasteiger partial charge in [0, 0.05) is 18.4 Å². The lowest BCUT2D eigenvalue weighted by atomic mass is 10.2. The molecule has 0 aliphatic heterocycles. The van der Waals surface area contributed by atoms with Crippen LogP contribution in [0.2, 0.25) is 0 Å². The molecule has 90 valence electrons. The Hall–Kier alpha value is -1.53. The van der Waals surface area contributed by atoms with Crippen LogP contribution in [-0.4, -0.2) is 34.3 Å². The quantitative estimate of drug-likeness (QED) is 0.824. The molecule has 0 bridgehead atoms. The molecule has 0 saturated carbocycles. The van der Waals surface area contributed by atoms with E-state index >= 15 is 0 Å². The van der Waals surface area contributed by atoms with Crippen LogP contribution < -0.4 is 0 Å². The Bertz CT molecular complexity index is 538. The van der Waals surface area contributed by atoms with E-state index < -0.39 is 5.97 Å². The summed E-state index contributed by atoms with van der Waals surface area (Å²) < 4.78 is 5.21. The fraction of sp³-hybridized carbons (Fsp3) is 0.364. The Kier molecular flexibility index (Phi) is 3.65. The van der Waals surface area contributed by atoms with Crippen LogP contribution in [0.5, 0.6) is 0 Å². The second-order valence-electron chi connectivity index (χ2n) is 3.38. The van der Waals surface area contributed by atoms with Crippen molar-refractivity contribution in [2.45, 2.75) is 13.3 Å². The minimum Gasteiger partial charge on any atom is -0.476 e. The molecule has 2 aromatic heterocycles. The highest BCUT2D eigenvalue weighted by Crippen LogP contribution is 2.21. The highest BCUT2D eigenvalue weighted by atomic mass is 32.1. The summed E-state index contributed by atoms with van der Waals surface area (Å²) in [6.07, 6.45) is 0.530. The molecular formula is C11H12N2O3S. The molecule has 5 nitrogen and oxygen atoms in total. The van der Waals surface area contributed by atoms with Crippen molar-refractivity contribution in [2.24, 2.45) is 0 Å². The van der Waals surface area contributed by atoms with Crippen molar-refractivity contribution < 1.29 is 14.6 Å². The standard InChI is InChI=1S/C11H12N2O3S/c1-2-16-5-3-8-12-9(11(14)15)7-4-6-17-10(7)13-8/h4,6H,2-3,5H2,1H3,(H,14,15). The Morgan fingerprint density at radius 3 is 3.06 bits per heavy atom. The summed E-state index contributed by atoms with van der Waals surface area (Å²) in [4.78, 5) is 20.2. The maximum atomic E-state index is 11.1. The monoisotopic (exact) mass is 252 g/mol. The number of rotatable bonds is 5. The Balaban J connectivity index is 2.34. The van der Waals surface area contributed by atoms with Gasteiger partial charge in [0.1, 0.15) is 10.7 Å². The maximum Gasteiger partial charge on any atom is 0.355 e. The SMILES string of the molecule is CCOCCc1nc(C(=O)O)c2ccsc2n1. The molecule has 0 spiro atoms. The lowest BCUT2D eigenvalue weighted by Gasteiger charge is -2.03. The van der Waals surface area contributed by atoms with Gasteiger partial charge in [0.05, 0.1) is 6.61 Å². The van der Waals surface area contributed by atoms with Crippen LogP contribution in [0.1, 0.15) is 23.2 Å². The predicted molar refractivity (Wildman–Crippen MR) is 64.6 cm³/mol. The molecule has 0 radical (unpaired) electrons. The van der Waals surface area contributed by atoms with Gasteiger partial charge in [-0.1, -0.05) is 0 Å². The number of carboxylic acid groups (broad SMARTS) is 1. The molecule has 0 fully saturated rings. The van der Waals surface area contributed by atoms with Gasteiger partial charge in [-0.05, 0) is 18.4 Å². The van der Waals surface area contributed by atoms with Crippen LogP contribution in [0, 0.1) is 0 Å². The zero-order chi connectivity index (χ0) is 12.3. The number of fused-ring (bicyclic) bond motifs is 1. The molecule has 0 aliphatic rings. The number of aromatic carboxylic acids is 1. The van der Waals surface area contributed by atoms with E-state index in [2.05, 4.69) is 9.97 Å². The summed E-state index contributed by atoms with van der Waals surface area (Å²) in [5.74, 6) is -0.501. The lowest BCUT2D eigenvalue weighted by molar-refractivity contribution is 0.0692. The first-order valence-electron chi connectivity index (χ1n) is 5.27. The van der Waals surface area contributed by atoms with Crippen molar-refractivity contribution in [1.29, 1.82) is 0 Å². The van der Waals surface area contributed by atoms with Crippen LogP contribution in [0.15, 0.2) is 11.4 Å². The molecular weight excluding hydrogens is 240 g/mol. The average Bonchev–Trinajstić information content (AvgIpc) is 2.76. The highest BCUT2D eigenvalue weighted by Gasteiger charge is 2.14. The molecule has 2 heterocycles. The maximum absolute atomic E-state index is 11.1. The van der Waals surface area contributed by atoms with Crippen molar-refractivity contribution in [2.75, 3.05) is 13.2 Å². The van der Waals surface area contributed by atoms with Crippen LogP contribution >= 0.6 is 11.3 Å². The zero-order valence-electron chi connectivity index (χ0n) is 9.34. The normalized spacial score (nSPS) is 10.9. The smallest absolute Gasteiger partial charge is 0.355 e. The highest BCUT2D eigenvalue weighted by molar-refractivity contribution is 7.16. The van der Waals surface area contributed by atoms with Gasteiger partial charge in [0.25, 0.3) is 0 Å². The number of carbonyl (C=O) groups is 1. The van der Waals surface area contributed by atoms with E-state index in [-0.39, 0.29) is 5.69 Å². The van der Waals surface area contributed by atoms with Gasteiger partial charge in [-0.25, -0.2) is 14.8 Å². The minimum absolute atomic E-state index is 0.0720. The van der Waals surface area contributed by atoms with Gasteiger partial charge in [0.2, 0.25) is 0 Å². The largest absolute Gasteiger partial charge is 0.476 e. The predicted octanol–water partition coefficient (Wildman–Crippen LogP) is 1.97. The molecule has 2 rings (SSSR count). The van der Waals surface area contributed by atoms with Crippen LogP contribution in [0.25, 0.3) is 10.2 Å². The number of nitrogens with zero attached hydrogens (tertiary/aromatic N) is 2. The number of carboxylic acids is 1. The van der Waals surface area contributed by atoms with E-state index in [0.717, 1.165) is 0 Å². The van der Waals surface area contributed by atoms with Gasteiger partial charge < -0.3 is 9.84 Å². The third-order valence-electron chi connectivity index (χ3n) is 2.25. The molecule has 0 unspecified atom stereocenters. The second-order valence-corrected chi connectivity index (χ2v) is 4.27. The first kappa shape index (κ1) is 11.9. The average molecular weight is 252 g/mol. The molecule has 0 aliphatic carbocycles. The van der Waals surface area contributed by atoms with E-state index in [4.69, 9.17) is 9.84 Å². The summed E-state index contributed by atoms with van der Waals surface area (Å²) in [5, 5.41) is 11.5. The van der Waals surface area contributed by atoms with Crippen molar-refractivity contribution in [3.63, 3.8) is 0 Å². The summed E-state index contributed by atoms with van der Waals surface area (Å²) in [7, 11) is 0. The number of ether oxygens (including phenoxy) is 1. The van der Waals surface area contributed by atoms with Gasteiger partial charge in [-0.3, -0.25) is 0 Å². The third kappa shape index (κ3) is 2.59. The lowest BCUT2D eigenvalue weighted by Crippen LogP contribution is -2.08. The van der Waals surface area contributed by atoms with Crippen LogP contribution in [0.3, 0.4) is 0 Å². The summed E-state index contributed by atoms with van der Waals surface area (Å²) in [6.45, 7) is 3.05. The fourth-order valence-electron chi connectivity index (χ4n) is 1.48. The number of aromatic nitrogens is 2. The molecule has 1 N–H and O–H groups in total. The summed E-state index contributed by atoms with van der Waals surface area (Å²) in [6, 6.07) is 1.73. The molecule has 0 atom stereocenters. The van der Waals surface area contributed by atoms with E-state index in [1.54, 1.807) is 6.07 Å². The Morgan fingerprint density at radius 2 is 2.35 bits per heavy atom. The number of hydrogen-bond acceptors (Lipinski definition) is 5. The first-order chi connectivity index (χ1) is 8.22. The van der Waals surface area contributed by atoms with Crippen LogP contribution in [-0.2, 0) is 11.2 Å². The molecule has 0 aromatic carbocycles. The minimum atomic E-state index is -1.02. The number of thiophene rings is 1. The van der Waals surface area contributed by atoms with E-state index in [0.29, 0.717) is 35.7 Å². The van der Waals surface area contributed by atoms with Crippen molar-refractivity contribution in [3.8, 4) is 0 Å². The first-order valence-corrected chi connectivity index (χ1v) is 6.15. The van der Waals surface area contributed by atoms with Crippen molar-refractivity contribution in [1.82, 2.24) is 9.97 Å². The van der Waals surface area contributed by atoms with Crippen molar-refractivity contribution in [3.05, 3.63) is 23.0 Å². The van der Waals surface area contributed by atoms with Gasteiger partial charge in [0.15, 0.2) is 5.69 Å². The van der Waals surface area contributed by atoms with Gasteiger partial charge in [-0.2, -0.15) is 0 Å². The molecule has 2 aromatic rings. The molecule has 0 saturated heterocycles. The third-order valence-corrected chi connectivity index (χ3v) is 3.05. The van der Waals surface area contributed by atoms with Crippen LogP contribution in [0.4, 0.5) is 0 Å². The second kappa shape index (κ2) is 5.20. The van der Waals surface area contributed by atoms with Gasteiger partial charge in [-0.15, -0.1) is 11.3 Å². The summed E-state index contributed by atoms with van der Waals surface area (Å²) >= 11 is 1.42. The fourth-order valence-corrected chi connectivity index (χ4v) is 2.26.